The van der Waals surface area contributed by atoms with Gasteiger partial charge in [0.25, 0.3) is 5.91 Å². The van der Waals surface area contributed by atoms with Gasteiger partial charge in [0.15, 0.2) is 0 Å². The summed E-state index contributed by atoms with van der Waals surface area (Å²) in [4.78, 5) is 17.9. The summed E-state index contributed by atoms with van der Waals surface area (Å²) < 4.78 is 0. The van der Waals surface area contributed by atoms with Crippen LogP contribution in [0, 0.1) is 13.8 Å². The van der Waals surface area contributed by atoms with E-state index in [1.165, 1.54) is 18.4 Å². The Kier molecular flexibility index (Phi) is 3.72. The number of aryl methyl sites for hydroxylation is 2. The Balaban J connectivity index is 1.65. The second-order valence-corrected chi connectivity index (χ2v) is 6.10. The molecule has 1 saturated carbocycles. The van der Waals surface area contributed by atoms with E-state index in [1.54, 1.807) is 0 Å². The summed E-state index contributed by atoms with van der Waals surface area (Å²) in [7, 11) is 2.13. The molecule has 0 bridgehead atoms. The van der Waals surface area contributed by atoms with Crippen LogP contribution in [0.5, 0.6) is 0 Å². The van der Waals surface area contributed by atoms with E-state index in [4.69, 9.17) is 0 Å². The monoisotopic (exact) mass is 285 g/mol. The maximum absolute atomic E-state index is 12.2. The molecule has 2 N–H and O–H groups in total. The molecule has 4 nitrogen and oxygen atoms in total. The van der Waals surface area contributed by atoms with Gasteiger partial charge >= 0.3 is 0 Å². The minimum absolute atomic E-state index is 0.0133. The quantitative estimate of drug-likeness (QED) is 0.887. The van der Waals surface area contributed by atoms with Crippen molar-refractivity contribution in [2.24, 2.45) is 0 Å². The van der Waals surface area contributed by atoms with Crippen LogP contribution < -0.4 is 5.32 Å². The molecular formula is C17H23N3O. The van der Waals surface area contributed by atoms with E-state index < -0.39 is 0 Å². The zero-order valence-electron chi connectivity index (χ0n) is 13.0. The first-order valence-electron chi connectivity index (χ1n) is 7.63. The highest BCUT2D eigenvalue weighted by Gasteiger charge is 2.25. The molecule has 0 radical (unpaired) electrons. The van der Waals surface area contributed by atoms with Gasteiger partial charge < -0.3 is 15.2 Å². The molecule has 1 aliphatic rings. The zero-order chi connectivity index (χ0) is 15.0. The number of benzene rings is 1. The van der Waals surface area contributed by atoms with Crippen molar-refractivity contribution in [1.82, 2.24) is 15.2 Å². The van der Waals surface area contributed by atoms with E-state index in [1.807, 2.05) is 18.2 Å². The largest absolute Gasteiger partial charge is 0.358 e. The molecule has 1 aromatic carbocycles. The summed E-state index contributed by atoms with van der Waals surface area (Å²) in [6.07, 6.45) is 2.60. The van der Waals surface area contributed by atoms with E-state index in [0.717, 1.165) is 34.7 Å². The number of rotatable bonds is 5. The average molecular weight is 285 g/mol. The van der Waals surface area contributed by atoms with Gasteiger partial charge in [-0.15, -0.1) is 0 Å². The predicted molar refractivity (Wildman–Crippen MR) is 85.8 cm³/mol. The zero-order valence-corrected chi connectivity index (χ0v) is 13.0. The lowest BCUT2D eigenvalue weighted by molar-refractivity contribution is 0.0949. The molecule has 1 heterocycles. The Bertz CT molecular complexity index is 670. The van der Waals surface area contributed by atoms with Crippen molar-refractivity contribution >= 4 is 16.8 Å². The number of hydrogen-bond donors (Lipinski definition) is 2. The lowest BCUT2D eigenvalue weighted by atomic mass is 10.1. The summed E-state index contributed by atoms with van der Waals surface area (Å²) in [6, 6.07) is 6.59. The highest BCUT2D eigenvalue weighted by Crippen LogP contribution is 2.24. The number of nitrogens with one attached hydrogen (secondary N) is 2. The summed E-state index contributed by atoms with van der Waals surface area (Å²) in [5, 5.41) is 4.15. The maximum Gasteiger partial charge on any atom is 0.251 e. The topological polar surface area (TPSA) is 48.1 Å². The van der Waals surface area contributed by atoms with Gasteiger partial charge in [-0.05, 0) is 57.5 Å². The molecule has 0 unspecified atom stereocenters. The van der Waals surface area contributed by atoms with Crippen LogP contribution in [-0.4, -0.2) is 42.0 Å². The van der Waals surface area contributed by atoms with Crippen LogP contribution in [-0.2, 0) is 0 Å². The third-order valence-electron chi connectivity index (χ3n) is 4.49. The number of aromatic amines is 1. The Morgan fingerprint density at radius 1 is 1.38 bits per heavy atom. The summed E-state index contributed by atoms with van der Waals surface area (Å²) in [5.74, 6) is 0.0133. The number of carbonyl (C=O) groups excluding carboxylic acids is 1. The third kappa shape index (κ3) is 2.95. The summed E-state index contributed by atoms with van der Waals surface area (Å²) in [6.45, 7) is 5.76. The molecule has 1 aromatic heterocycles. The number of hydrogen-bond acceptors (Lipinski definition) is 2. The lowest BCUT2D eigenvalue weighted by Gasteiger charge is -2.15. The van der Waals surface area contributed by atoms with Crippen molar-refractivity contribution in [3.8, 4) is 0 Å². The van der Waals surface area contributed by atoms with Crippen molar-refractivity contribution in [2.75, 3.05) is 20.1 Å². The van der Waals surface area contributed by atoms with Crippen molar-refractivity contribution in [1.29, 1.82) is 0 Å². The van der Waals surface area contributed by atoms with Gasteiger partial charge in [-0.3, -0.25) is 4.79 Å². The van der Waals surface area contributed by atoms with Crippen LogP contribution in [0.3, 0.4) is 0 Å². The van der Waals surface area contributed by atoms with E-state index in [9.17, 15) is 4.79 Å². The van der Waals surface area contributed by atoms with Gasteiger partial charge in [-0.25, -0.2) is 0 Å². The summed E-state index contributed by atoms with van der Waals surface area (Å²) >= 11 is 0. The molecule has 0 spiro atoms. The molecule has 0 aliphatic heterocycles. The highest BCUT2D eigenvalue weighted by molar-refractivity contribution is 5.99. The molecule has 3 rings (SSSR count). The maximum atomic E-state index is 12.2. The van der Waals surface area contributed by atoms with Crippen LogP contribution in [0.2, 0.25) is 0 Å². The smallest absolute Gasteiger partial charge is 0.251 e. The van der Waals surface area contributed by atoms with Gasteiger partial charge in [0.2, 0.25) is 0 Å². The molecule has 21 heavy (non-hydrogen) atoms. The SMILES string of the molecule is Cc1[nH]c2ccc(C(=O)NCCN(C)C3CC3)cc2c1C. The molecule has 1 fully saturated rings. The number of amides is 1. The lowest BCUT2D eigenvalue weighted by Crippen LogP contribution is -2.33. The molecular weight excluding hydrogens is 262 g/mol. The van der Waals surface area contributed by atoms with Crippen LogP contribution in [0.1, 0.15) is 34.5 Å². The fourth-order valence-corrected chi connectivity index (χ4v) is 2.75. The molecule has 112 valence electrons. The minimum atomic E-state index is 0.0133. The van der Waals surface area contributed by atoms with Crippen LogP contribution >= 0.6 is 0 Å². The second-order valence-electron chi connectivity index (χ2n) is 6.10. The Hall–Kier alpha value is -1.81. The second kappa shape index (κ2) is 5.53. The molecule has 1 aliphatic carbocycles. The first-order valence-corrected chi connectivity index (χ1v) is 7.63. The first-order chi connectivity index (χ1) is 10.1. The standard InChI is InChI=1S/C17H23N3O/c1-11-12(2)19-16-7-4-13(10-15(11)16)17(21)18-8-9-20(3)14-5-6-14/h4,7,10,14,19H,5-6,8-9H2,1-3H3,(H,18,21). The number of carbonyl (C=O) groups is 1. The average Bonchev–Trinajstić information content (AvgIpc) is 3.27. The van der Waals surface area contributed by atoms with E-state index in [-0.39, 0.29) is 5.91 Å². The normalized spacial score (nSPS) is 14.9. The van der Waals surface area contributed by atoms with Crippen molar-refractivity contribution in [2.45, 2.75) is 32.7 Å². The predicted octanol–water partition coefficient (Wildman–Crippen LogP) is 2.61. The third-order valence-corrected chi connectivity index (χ3v) is 4.49. The van der Waals surface area contributed by atoms with Crippen molar-refractivity contribution in [3.05, 3.63) is 35.0 Å². The Labute approximate surface area is 125 Å². The van der Waals surface area contributed by atoms with Gasteiger partial charge in [0.1, 0.15) is 0 Å². The van der Waals surface area contributed by atoms with Gasteiger partial charge in [-0.2, -0.15) is 0 Å². The number of likely N-dealkylation sites (N-methyl/N-ethyl adjacent to an activating group) is 1. The minimum Gasteiger partial charge on any atom is -0.358 e. The first kappa shape index (κ1) is 14.1. The molecule has 4 heteroatoms. The summed E-state index contributed by atoms with van der Waals surface area (Å²) in [5.41, 5.74) is 4.20. The molecule has 0 saturated heterocycles. The van der Waals surface area contributed by atoms with Gasteiger partial charge in [0.05, 0.1) is 0 Å². The highest BCUT2D eigenvalue weighted by atomic mass is 16.1. The van der Waals surface area contributed by atoms with Crippen molar-refractivity contribution in [3.63, 3.8) is 0 Å². The molecule has 2 aromatic rings. The van der Waals surface area contributed by atoms with Gasteiger partial charge in [0, 0.05) is 41.3 Å². The van der Waals surface area contributed by atoms with E-state index >= 15 is 0 Å². The molecule has 1 amide bonds. The number of fused-ring (bicyclic) bond motifs is 1. The van der Waals surface area contributed by atoms with Crippen molar-refractivity contribution < 1.29 is 4.79 Å². The van der Waals surface area contributed by atoms with Gasteiger partial charge in [-0.1, -0.05) is 0 Å². The van der Waals surface area contributed by atoms with Crippen LogP contribution in [0.4, 0.5) is 0 Å². The molecule has 0 atom stereocenters. The number of aromatic nitrogens is 1. The number of H-pyrrole nitrogens is 1. The Morgan fingerprint density at radius 3 is 2.86 bits per heavy atom. The fraction of sp³-hybridized carbons (Fsp3) is 0.471. The Morgan fingerprint density at radius 2 is 2.14 bits per heavy atom. The van der Waals surface area contributed by atoms with Crippen LogP contribution in [0.25, 0.3) is 10.9 Å². The fourth-order valence-electron chi connectivity index (χ4n) is 2.75. The number of nitrogens with zero attached hydrogens (tertiary/aromatic N) is 1. The van der Waals surface area contributed by atoms with E-state index in [2.05, 4.69) is 36.1 Å². The van der Waals surface area contributed by atoms with Crippen LogP contribution in [0.15, 0.2) is 18.2 Å². The van der Waals surface area contributed by atoms with E-state index in [0.29, 0.717) is 6.54 Å².